The molecule has 1 aromatic rings. The van der Waals surface area contributed by atoms with E-state index >= 15 is 0 Å². The van der Waals surface area contributed by atoms with Gasteiger partial charge in [-0.3, -0.25) is 9.59 Å². The van der Waals surface area contributed by atoms with Gasteiger partial charge in [-0.15, -0.1) is 0 Å². The van der Waals surface area contributed by atoms with E-state index < -0.39 is 0 Å². The van der Waals surface area contributed by atoms with Crippen LogP contribution in [0.3, 0.4) is 0 Å². The predicted octanol–water partition coefficient (Wildman–Crippen LogP) is 2.23. The predicted molar refractivity (Wildman–Crippen MR) is 87.0 cm³/mol. The first-order valence-corrected chi connectivity index (χ1v) is 8.27. The molecule has 1 saturated carbocycles. The molecule has 1 aromatic carbocycles. The van der Waals surface area contributed by atoms with Crippen LogP contribution in [0.2, 0.25) is 0 Å². The summed E-state index contributed by atoms with van der Waals surface area (Å²) in [4.78, 5) is 28.2. The van der Waals surface area contributed by atoms with Gasteiger partial charge in [-0.05, 0) is 36.5 Å². The Morgan fingerprint density at radius 2 is 1.87 bits per heavy atom. The van der Waals surface area contributed by atoms with Gasteiger partial charge in [0.15, 0.2) is 0 Å². The fourth-order valence-electron chi connectivity index (χ4n) is 3.20. The number of carbonyl (C=O) groups excluding carboxylic acids is 2. The molecule has 0 bridgehead atoms. The molecule has 1 aliphatic carbocycles. The normalized spacial score (nSPS) is 21.2. The van der Waals surface area contributed by atoms with Crippen molar-refractivity contribution in [3.05, 3.63) is 29.8 Å². The van der Waals surface area contributed by atoms with E-state index in [0.717, 1.165) is 11.3 Å². The average molecular weight is 316 g/mol. The summed E-state index contributed by atoms with van der Waals surface area (Å²) in [7, 11) is 1.63. The maximum Gasteiger partial charge on any atom is 0.222 e. The molecule has 124 valence electrons. The first kappa shape index (κ1) is 15.8. The molecule has 0 radical (unpaired) electrons. The lowest BCUT2D eigenvalue weighted by molar-refractivity contribution is -0.142. The minimum atomic E-state index is -0.0738. The second-order valence-corrected chi connectivity index (χ2v) is 6.49. The summed E-state index contributed by atoms with van der Waals surface area (Å²) < 4.78 is 5.20. The third-order valence-electron chi connectivity index (χ3n) is 4.80. The number of nitrogens with zero attached hydrogens (tertiary/aromatic N) is 2. The fourth-order valence-corrected chi connectivity index (χ4v) is 3.20. The van der Waals surface area contributed by atoms with Crippen LogP contribution in [0.15, 0.2) is 24.3 Å². The number of carbonyl (C=O) groups is 2. The van der Waals surface area contributed by atoms with Crippen molar-refractivity contribution in [3.8, 4) is 5.75 Å². The van der Waals surface area contributed by atoms with Crippen molar-refractivity contribution in [1.29, 1.82) is 0 Å². The van der Waals surface area contributed by atoms with Crippen LogP contribution in [0.4, 0.5) is 0 Å². The molecule has 5 nitrogen and oxygen atoms in total. The molecule has 5 heteroatoms. The Hall–Kier alpha value is -2.04. The van der Waals surface area contributed by atoms with Crippen LogP contribution in [0.1, 0.15) is 37.8 Å². The molecule has 2 fully saturated rings. The largest absolute Gasteiger partial charge is 0.497 e. The summed E-state index contributed by atoms with van der Waals surface area (Å²) in [6.07, 6.45) is 3.03. The monoisotopic (exact) mass is 316 g/mol. The highest BCUT2D eigenvalue weighted by molar-refractivity contribution is 5.78. The fraction of sp³-hybridized carbons (Fsp3) is 0.556. The quantitative estimate of drug-likeness (QED) is 0.856. The van der Waals surface area contributed by atoms with E-state index in [1.54, 1.807) is 14.0 Å². The van der Waals surface area contributed by atoms with Gasteiger partial charge in [-0.1, -0.05) is 12.1 Å². The van der Waals surface area contributed by atoms with Gasteiger partial charge in [0.25, 0.3) is 0 Å². The van der Waals surface area contributed by atoms with Gasteiger partial charge >= 0.3 is 0 Å². The summed E-state index contributed by atoms with van der Waals surface area (Å²) >= 11 is 0. The lowest BCUT2D eigenvalue weighted by atomic mass is 10.0. The Morgan fingerprint density at radius 3 is 2.43 bits per heavy atom. The van der Waals surface area contributed by atoms with Gasteiger partial charge in [-0.25, -0.2) is 0 Å². The van der Waals surface area contributed by atoms with Gasteiger partial charge in [0, 0.05) is 33.0 Å². The summed E-state index contributed by atoms with van der Waals surface area (Å²) in [6.45, 7) is 3.41. The molecule has 23 heavy (non-hydrogen) atoms. The van der Waals surface area contributed by atoms with Crippen molar-refractivity contribution >= 4 is 11.8 Å². The Bertz CT molecular complexity index is 580. The van der Waals surface area contributed by atoms with E-state index in [-0.39, 0.29) is 17.9 Å². The highest BCUT2D eigenvalue weighted by Gasteiger charge is 2.34. The number of amides is 2. The lowest BCUT2D eigenvalue weighted by Gasteiger charge is -2.41. The van der Waals surface area contributed by atoms with Crippen molar-refractivity contribution in [2.24, 2.45) is 5.92 Å². The number of hydrogen-bond acceptors (Lipinski definition) is 3. The molecular weight excluding hydrogens is 292 g/mol. The number of methoxy groups -OCH3 is 1. The first-order chi connectivity index (χ1) is 11.1. The third kappa shape index (κ3) is 3.66. The Kier molecular flexibility index (Phi) is 4.55. The van der Waals surface area contributed by atoms with Crippen molar-refractivity contribution in [3.63, 3.8) is 0 Å². The van der Waals surface area contributed by atoms with Gasteiger partial charge in [0.2, 0.25) is 11.8 Å². The highest BCUT2D eigenvalue weighted by Crippen LogP contribution is 2.34. The molecule has 2 amide bonds. The zero-order valence-electron chi connectivity index (χ0n) is 13.8. The van der Waals surface area contributed by atoms with Crippen molar-refractivity contribution in [2.75, 3.05) is 26.7 Å². The Balaban J connectivity index is 1.76. The Morgan fingerprint density at radius 1 is 1.17 bits per heavy atom. The van der Waals surface area contributed by atoms with E-state index in [2.05, 4.69) is 0 Å². The van der Waals surface area contributed by atoms with Gasteiger partial charge < -0.3 is 14.5 Å². The average Bonchev–Trinajstić information content (AvgIpc) is 3.38. The highest BCUT2D eigenvalue weighted by atomic mass is 16.5. The van der Waals surface area contributed by atoms with E-state index in [4.69, 9.17) is 4.74 Å². The summed E-state index contributed by atoms with van der Waals surface area (Å²) in [5, 5.41) is 0. The van der Waals surface area contributed by atoms with Crippen molar-refractivity contribution in [1.82, 2.24) is 9.80 Å². The van der Waals surface area contributed by atoms with Gasteiger partial charge in [0.05, 0.1) is 13.2 Å². The second kappa shape index (κ2) is 6.60. The molecule has 1 heterocycles. The number of benzene rings is 1. The lowest BCUT2D eigenvalue weighted by Crippen LogP contribution is -2.51. The standard InChI is InChI=1S/C18H24N2O3/c1-13(21)20-10-9-19(18(22)11-14-3-4-14)12-17(20)15-5-7-16(23-2)8-6-15/h5-8,14,17H,3-4,9-12H2,1-2H3. The minimum Gasteiger partial charge on any atom is -0.497 e. The topological polar surface area (TPSA) is 49.9 Å². The molecule has 1 unspecified atom stereocenters. The molecule has 0 N–H and O–H groups in total. The molecule has 1 aliphatic heterocycles. The molecule has 0 spiro atoms. The maximum atomic E-state index is 12.4. The minimum absolute atomic E-state index is 0.0557. The number of ether oxygens (including phenoxy) is 1. The van der Waals surface area contributed by atoms with Crippen LogP contribution in [0.25, 0.3) is 0 Å². The molecule has 1 saturated heterocycles. The Labute approximate surface area is 137 Å². The smallest absolute Gasteiger partial charge is 0.222 e. The maximum absolute atomic E-state index is 12.4. The summed E-state index contributed by atoms with van der Waals surface area (Å²) in [5.74, 6) is 1.67. The molecule has 1 atom stereocenters. The molecule has 0 aromatic heterocycles. The van der Waals surface area contributed by atoms with Crippen LogP contribution in [0.5, 0.6) is 5.75 Å². The van der Waals surface area contributed by atoms with E-state index in [1.165, 1.54) is 12.8 Å². The summed E-state index contributed by atoms with van der Waals surface area (Å²) in [5.41, 5.74) is 1.05. The van der Waals surface area contributed by atoms with Crippen LogP contribution < -0.4 is 4.74 Å². The zero-order chi connectivity index (χ0) is 16.4. The van der Waals surface area contributed by atoms with Crippen LogP contribution >= 0.6 is 0 Å². The first-order valence-electron chi connectivity index (χ1n) is 8.27. The van der Waals surface area contributed by atoms with Crippen LogP contribution in [-0.2, 0) is 9.59 Å². The summed E-state index contributed by atoms with van der Waals surface area (Å²) in [6, 6.07) is 7.69. The molecular formula is C18H24N2O3. The van der Waals surface area contributed by atoms with Gasteiger partial charge in [-0.2, -0.15) is 0 Å². The second-order valence-electron chi connectivity index (χ2n) is 6.49. The van der Waals surface area contributed by atoms with Crippen LogP contribution in [-0.4, -0.2) is 48.4 Å². The van der Waals surface area contributed by atoms with Crippen molar-refractivity contribution in [2.45, 2.75) is 32.2 Å². The SMILES string of the molecule is COc1ccc(C2CN(C(=O)CC3CC3)CCN2C(C)=O)cc1. The third-order valence-corrected chi connectivity index (χ3v) is 4.80. The number of piperazine rings is 1. The number of hydrogen-bond donors (Lipinski definition) is 0. The molecule has 2 aliphatic rings. The van der Waals surface area contributed by atoms with E-state index in [0.29, 0.717) is 32.0 Å². The zero-order valence-corrected chi connectivity index (χ0v) is 13.8. The van der Waals surface area contributed by atoms with E-state index in [9.17, 15) is 9.59 Å². The number of rotatable bonds is 4. The van der Waals surface area contributed by atoms with Crippen LogP contribution in [0, 0.1) is 5.92 Å². The van der Waals surface area contributed by atoms with Crippen molar-refractivity contribution < 1.29 is 14.3 Å². The van der Waals surface area contributed by atoms with E-state index in [1.807, 2.05) is 34.1 Å². The van der Waals surface area contributed by atoms with Gasteiger partial charge in [0.1, 0.15) is 5.75 Å². The molecule has 3 rings (SSSR count).